The first-order valence-electron chi connectivity index (χ1n) is 5.39. The van der Waals surface area contributed by atoms with E-state index in [-0.39, 0.29) is 5.70 Å². The maximum Gasteiger partial charge on any atom is 0.354 e. The van der Waals surface area contributed by atoms with Crippen LogP contribution in [0.25, 0.3) is 0 Å². The number of methoxy groups -OCH3 is 2. The van der Waals surface area contributed by atoms with Gasteiger partial charge in [-0.3, -0.25) is 0 Å². The molecule has 0 saturated carbocycles. The minimum Gasteiger partial charge on any atom is -0.466 e. The van der Waals surface area contributed by atoms with Gasteiger partial charge in [0.25, 0.3) is 0 Å². The summed E-state index contributed by atoms with van der Waals surface area (Å²) in [7, 11) is 2.48. The lowest BCUT2D eigenvalue weighted by atomic mass is 10.2. The fraction of sp³-hybridized carbons (Fsp3) is 0.231. The van der Waals surface area contributed by atoms with Crippen molar-refractivity contribution in [1.29, 1.82) is 0 Å². The summed E-state index contributed by atoms with van der Waals surface area (Å²) < 4.78 is 10.0. The van der Waals surface area contributed by atoms with Gasteiger partial charge in [0.05, 0.1) is 26.0 Å². The van der Waals surface area contributed by atoms with E-state index in [0.29, 0.717) is 5.69 Å². The molecule has 6 heteroatoms. The highest BCUT2D eigenvalue weighted by Gasteiger charge is 2.13. The molecule has 0 atom stereocenters. The number of carbonyl (C=O) groups is 2. The molecule has 0 fully saturated rings. The molecule has 19 heavy (non-hydrogen) atoms. The lowest BCUT2D eigenvalue weighted by molar-refractivity contribution is -0.138. The van der Waals surface area contributed by atoms with Crippen molar-refractivity contribution in [3.05, 3.63) is 39.1 Å². The molecule has 0 spiro atoms. The fourth-order valence-electron chi connectivity index (χ4n) is 1.30. The number of aryl methyl sites for hydroxylation is 1. The molecule has 1 aromatic rings. The number of nitrogens with one attached hydrogen (secondary N) is 1. The number of esters is 2. The largest absolute Gasteiger partial charge is 0.466 e. The van der Waals surface area contributed by atoms with Crippen LogP contribution in [0, 0.1) is 10.5 Å². The molecule has 0 radical (unpaired) electrons. The van der Waals surface area contributed by atoms with Gasteiger partial charge in [-0.05, 0) is 47.2 Å². The van der Waals surface area contributed by atoms with Crippen molar-refractivity contribution >= 4 is 40.2 Å². The highest BCUT2D eigenvalue weighted by Crippen LogP contribution is 2.21. The zero-order valence-electron chi connectivity index (χ0n) is 10.8. The van der Waals surface area contributed by atoms with Crippen LogP contribution in [0.4, 0.5) is 5.69 Å². The maximum atomic E-state index is 11.6. The molecule has 0 saturated heterocycles. The van der Waals surface area contributed by atoms with Crippen LogP contribution in [0.15, 0.2) is 30.0 Å². The Bertz CT molecular complexity index is 525. The Kier molecular flexibility index (Phi) is 5.81. The second kappa shape index (κ2) is 7.13. The standard InChI is InChI=1S/C13H14INO4/c1-8-4-5-10(9(14)6-8)15-11(13(17)19-3)7-12(16)18-2/h4-7,15H,1-3H3/b11-7+. The Morgan fingerprint density at radius 1 is 1.26 bits per heavy atom. The van der Waals surface area contributed by atoms with Gasteiger partial charge in [-0.1, -0.05) is 6.07 Å². The van der Waals surface area contributed by atoms with Gasteiger partial charge < -0.3 is 14.8 Å². The van der Waals surface area contributed by atoms with Crippen LogP contribution in [0.5, 0.6) is 0 Å². The SMILES string of the molecule is COC(=O)/C=C(/Nc1ccc(C)cc1I)C(=O)OC. The predicted octanol–water partition coefficient (Wildman–Crippen LogP) is 2.24. The van der Waals surface area contributed by atoms with E-state index in [9.17, 15) is 9.59 Å². The molecule has 1 rings (SSSR count). The monoisotopic (exact) mass is 375 g/mol. The molecule has 102 valence electrons. The molecule has 1 N–H and O–H groups in total. The number of carbonyl (C=O) groups excluding carboxylic acids is 2. The fourth-order valence-corrected chi connectivity index (χ4v) is 2.11. The van der Waals surface area contributed by atoms with Crippen molar-refractivity contribution in [3.8, 4) is 0 Å². The minimum atomic E-state index is -0.637. The zero-order valence-corrected chi connectivity index (χ0v) is 13.0. The molecule has 0 aliphatic carbocycles. The van der Waals surface area contributed by atoms with E-state index in [1.165, 1.54) is 14.2 Å². The highest BCUT2D eigenvalue weighted by atomic mass is 127. The molecule has 5 nitrogen and oxygen atoms in total. The highest BCUT2D eigenvalue weighted by molar-refractivity contribution is 14.1. The molecule has 0 aliphatic heterocycles. The average molecular weight is 375 g/mol. The Morgan fingerprint density at radius 2 is 1.95 bits per heavy atom. The summed E-state index contributed by atoms with van der Waals surface area (Å²) in [5.41, 5.74) is 1.84. The van der Waals surface area contributed by atoms with Crippen molar-refractivity contribution in [1.82, 2.24) is 0 Å². The van der Waals surface area contributed by atoms with E-state index >= 15 is 0 Å². The summed E-state index contributed by atoms with van der Waals surface area (Å²) in [5, 5.41) is 2.87. The zero-order chi connectivity index (χ0) is 14.4. The van der Waals surface area contributed by atoms with Crippen LogP contribution in [-0.4, -0.2) is 26.2 Å². The molecule has 0 aliphatic rings. The van der Waals surface area contributed by atoms with E-state index in [2.05, 4.69) is 37.4 Å². The van der Waals surface area contributed by atoms with Crippen LogP contribution >= 0.6 is 22.6 Å². The average Bonchev–Trinajstić information content (AvgIpc) is 2.39. The summed E-state index contributed by atoms with van der Waals surface area (Å²) in [5.74, 6) is -1.27. The third-order valence-electron chi connectivity index (χ3n) is 2.26. The molecule has 0 amide bonds. The second-order valence-corrected chi connectivity index (χ2v) is 4.84. The summed E-state index contributed by atoms with van der Waals surface area (Å²) in [6.45, 7) is 1.97. The van der Waals surface area contributed by atoms with Crippen LogP contribution < -0.4 is 5.32 Å². The van der Waals surface area contributed by atoms with E-state index in [1.54, 1.807) is 0 Å². The van der Waals surface area contributed by atoms with Gasteiger partial charge >= 0.3 is 11.9 Å². The summed E-state index contributed by atoms with van der Waals surface area (Å²) >= 11 is 2.14. The lowest BCUT2D eigenvalue weighted by Crippen LogP contribution is -2.16. The quantitative estimate of drug-likeness (QED) is 0.497. The Balaban J connectivity index is 3.04. The predicted molar refractivity (Wildman–Crippen MR) is 79.6 cm³/mol. The summed E-state index contributed by atoms with van der Waals surface area (Å²) in [4.78, 5) is 22.8. The molecule has 0 aromatic heterocycles. The normalized spacial score (nSPS) is 10.8. The van der Waals surface area contributed by atoms with Crippen LogP contribution in [0.2, 0.25) is 0 Å². The topological polar surface area (TPSA) is 64.6 Å². The minimum absolute atomic E-state index is 0.0242. The van der Waals surface area contributed by atoms with Gasteiger partial charge in [0.2, 0.25) is 0 Å². The summed E-state index contributed by atoms with van der Waals surface area (Å²) in [6, 6.07) is 5.68. The molecular formula is C13H14INO4. The smallest absolute Gasteiger partial charge is 0.354 e. The lowest BCUT2D eigenvalue weighted by Gasteiger charge is -2.11. The summed E-state index contributed by atoms with van der Waals surface area (Å²) in [6.07, 6.45) is 1.06. The van der Waals surface area contributed by atoms with Gasteiger partial charge in [0.15, 0.2) is 0 Å². The van der Waals surface area contributed by atoms with E-state index < -0.39 is 11.9 Å². The van der Waals surface area contributed by atoms with Crippen LogP contribution in [-0.2, 0) is 19.1 Å². The number of halogens is 1. The van der Waals surface area contributed by atoms with Crippen molar-refractivity contribution in [2.45, 2.75) is 6.92 Å². The van der Waals surface area contributed by atoms with Gasteiger partial charge in [0.1, 0.15) is 5.70 Å². The number of anilines is 1. The van der Waals surface area contributed by atoms with Gasteiger partial charge in [-0.15, -0.1) is 0 Å². The number of hydrogen-bond donors (Lipinski definition) is 1. The number of benzene rings is 1. The first-order valence-corrected chi connectivity index (χ1v) is 6.47. The van der Waals surface area contributed by atoms with Crippen molar-refractivity contribution in [3.63, 3.8) is 0 Å². The first kappa shape index (κ1) is 15.5. The van der Waals surface area contributed by atoms with E-state index in [0.717, 1.165) is 15.2 Å². The number of hydrogen-bond acceptors (Lipinski definition) is 5. The molecule has 0 heterocycles. The van der Waals surface area contributed by atoms with Gasteiger partial charge in [-0.25, -0.2) is 9.59 Å². The maximum absolute atomic E-state index is 11.6. The Labute approximate surface area is 125 Å². The third-order valence-corrected chi connectivity index (χ3v) is 3.16. The van der Waals surface area contributed by atoms with Crippen molar-refractivity contribution in [2.75, 3.05) is 19.5 Å². The molecular weight excluding hydrogens is 361 g/mol. The van der Waals surface area contributed by atoms with E-state index in [4.69, 9.17) is 0 Å². The van der Waals surface area contributed by atoms with Gasteiger partial charge in [0, 0.05) is 3.57 Å². The van der Waals surface area contributed by atoms with Crippen LogP contribution in [0.3, 0.4) is 0 Å². The number of ether oxygens (including phenoxy) is 2. The van der Waals surface area contributed by atoms with Crippen molar-refractivity contribution in [2.24, 2.45) is 0 Å². The molecule has 0 unspecified atom stereocenters. The second-order valence-electron chi connectivity index (χ2n) is 3.68. The van der Waals surface area contributed by atoms with Crippen molar-refractivity contribution < 1.29 is 19.1 Å². The van der Waals surface area contributed by atoms with Crippen LogP contribution in [0.1, 0.15) is 5.56 Å². The molecule has 0 bridgehead atoms. The van der Waals surface area contributed by atoms with Gasteiger partial charge in [-0.2, -0.15) is 0 Å². The number of rotatable bonds is 4. The molecule has 1 aromatic carbocycles. The third kappa shape index (κ3) is 4.55. The Hall–Kier alpha value is -1.57. The first-order chi connectivity index (χ1) is 8.97. The van der Waals surface area contributed by atoms with E-state index in [1.807, 2.05) is 25.1 Å². The Morgan fingerprint density at radius 3 is 2.47 bits per heavy atom.